The lowest BCUT2D eigenvalue weighted by Gasteiger charge is -2.07. The van der Waals surface area contributed by atoms with Gasteiger partial charge in [-0.2, -0.15) is 0 Å². The third-order valence-corrected chi connectivity index (χ3v) is 3.51. The summed E-state index contributed by atoms with van der Waals surface area (Å²) in [6.45, 7) is 2.90. The molecule has 0 radical (unpaired) electrons. The number of hydrogen-bond acceptors (Lipinski definition) is 5. The minimum atomic E-state index is -0.237. The number of hydrogen-bond donors (Lipinski definition) is 3. The number of rotatable bonds is 4. The number of anilines is 1. The zero-order chi connectivity index (χ0) is 13.8. The summed E-state index contributed by atoms with van der Waals surface area (Å²) in [5.74, 6) is 0.231. The second-order valence-corrected chi connectivity index (χ2v) is 5.26. The number of nitrogens with two attached hydrogens (primary N) is 1. The van der Waals surface area contributed by atoms with Gasteiger partial charge in [0.05, 0.1) is 0 Å². The highest BCUT2D eigenvalue weighted by atomic mass is 32.2. The maximum atomic E-state index is 11.3. The summed E-state index contributed by atoms with van der Waals surface area (Å²) in [6, 6.07) is 7.41. The van der Waals surface area contributed by atoms with Gasteiger partial charge in [-0.1, -0.05) is 17.8 Å². The summed E-state index contributed by atoms with van der Waals surface area (Å²) in [5.41, 5.74) is 7.77. The molecule has 2 aromatic rings. The van der Waals surface area contributed by atoms with Crippen LogP contribution in [0.3, 0.4) is 0 Å². The predicted octanol–water partition coefficient (Wildman–Crippen LogP) is 1.53. The van der Waals surface area contributed by atoms with E-state index in [0.717, 1.165) is 11.4 Å². The van der Waals surface area contributed by atoms with Crippen molar-refractivity contribution in [2.75, 3.05) is 12.8 Å². The fraction of sp³-hybridized carbons (Fsp3) is 0.231. The Morgan fingerprint density at radius 3 is 2.84 bits per heavy atom. The monoisotopic (exact) mass is 276 g/mol. The molecule has 0 unspecified atom stereocenters. The van der Waals surface area contributed by atoms with Crippen molar-refractivity contribution in [2.24, 2.45) is 0 Å². The second-order valence-electron chi connectivity index (χ2n) is 4.20. The van der Waals surface area contributed by atoms with Crippen molar-refractivity contribution in [1.82, 2.24) is 15.3 Å². The molecule has 1 aromatic heterocycles. The standard InChI is InChI=1S/C13H16N4OS/c1-8-5-10(4-3-9(8)7-15-2)19-13-16-11(14)6-12(18)17-13/h3-6,15H,7H2,1-2H3,(H3,14,16,17,18). The largest absolute Gasteiger partial charge is 0.383 e. The Morgan fingerprint density at radius 2 is 2.21 bits per heavy atom. The highest BCUT2D eigenvalue weighted by Crippen LogP contribution is 2.26. The molecule has 0 aliphatic carbocycles. The Balaban J connectivity index is 2.23. The first-order valence-electron chi connectivity index (χ1n) is 5.87. The molecule has 0 amide bonds. The first kappa shape index (κ1) is 13.6. The van der Waals surface area contributed by atoms with Gasteiger partial charge in [-0.25, -0.2) is 4.98 Å². The molecule has 5 nitrogen and oxygen atoms in total. The van der Waals surface area contributed by atoms with Gasteiger partial charge in [0.25, 0.3) is 5.56 Å². The molecule has 2 rings (SSSR count). The molecule has 0 aliphatic rings. The van der Waals surface area contributed by atoms with Crippen LogP contribution in [0.1, 0.15) is 11.1 Å². The fourth-order valence-corrected chi connectivity index (χ4v) is 2.63. The minimum Gasteiger partial charge on any atom is -0.383 e. The van der Waals surface area contributed by atoms with E-state index in [0.29, 0.717) is 5.16 Å². The summed E-state index contributed by atoms with van der Waals surface area (Å²) in [6.07, 6.45) is 0. The summed E-state index contributed by atoms with van der Waals surface area (Å²) < 4.78 is 0. The molecule has 0 saturated carbocycles. The van der Waals surface area contributed by atoms with Crippen molar-refractivity contribution < 1.29 is 0 Å². The zero-order valence-electron chi connectivity index (χ0n) is 10.9. The van der Waals surface area contributed by atoms with Crippen LogP contribution in [0.15, 0.2) is 39.1 Å². The number of aromatic nitrogens is 2. The van der Waals surface area contributed by atoms with E-state index < -0.39 is 0 Å². The Labute approximate surface area is 115 Å². The minimum absolute atomic E-state index is 0.231. The number of aryl methyl sites for hydroxylation is 1. The SMILES string of the molecule is CNCc1ccc(Sc2nc(N)cc(=O)[nH]2)cc1C. The lowest BCUT2D eigenvalue weighted by Crippen LogP contribution is -2.09. The van der Waals surface area contributed by atoms with Gasteiger partial charge < -0.3 is 16.0 Å². The lowest BCUT2D eigenvalue weighted by atomic mass is 10.1. The molecule has 1 aromatic carbocycles. The van der Waals surface area contributed by atoms with Crippen LogP contribution in [0.25, 0.3) is 0 Å². The van der Waals surface area contributed by atoms with E-state index in [1.807, 2.05) is 13.1 Å². The van der Waals surface area contributed by atoms with Crippen molar-refractivity contribution in [2.45, 2.75) is 23.5 Å². The van der Waals surface area contributed by atoms with Crippen LogP contribution in [0.4, 0.5) is 5.82 Å². The van der Waals surface area contributed by atoms with Gasteiger partial charge in [-0.3, -0.25) is 4.79 Å². The number of H-pyrrole nitrogens is 1. The van der Waals surface area contributed by atoms with Gasteiger partial charge >= 0.3 is 0 Å². The number of nitrogens with one attached hydrogen (secondary N) is 2. The third-order valence-electron chi connectivity index (χ3n) is 2.64. The molecule has 0 spiro atoms. The van der Waals surface area contributed by atoms with Crippen LogP contribution in [-0.4, -0.2) is 17.0 Å². The van der Waals surface area contributed by atoms with Crippen LogP contribution in [-0.2, 0) is 6.54 Å². The van der Waals surface area contributed by atoms with E-state index in [2.05, 4.69) is 34.3 Å². The highest BCUT2D eigenvalue weighted by Gasteiger charge is 2.04. The molecule has 0 aliphatic heterocycles. The van der Waals surface area contributed by atoms with Crippen molar-refractivity contribution in [3.63, 3.8) is 0 Å². The molecule has 100 valence electrons. The number of nitrogen functional groups attached to an aromatic ring is 1. The van der Waals surface area contributed by atoms with Gasteiger partial charge in [-0.05, 0) is 37.2 Å². The van der Waals surface area contributed by atoms with E-state index in [9.17, 15) is 4.79 Å². The molecule has 0 saturated heterocycles. The molecule has 6 heteroatoms. The molecule has 4 N–H and O–H groups in total. The molecule has 0 bridgehead atoms. The molecule has 1 heterocycles. The zero-order valence-corrected chi connectivity index (χ0v) is 11.7. The normalized spacial score (nSPS) is 10.6. The van der Waals surface area contributed by atoms with Crippen LogP contribution in [0.5, 0.6) is 0 Å². The maximum absolute atomic E-state index is 11.3. The van der Waals surface area contributed by atoms with E-state index in [4.69, 9.17) is 5.73 Å². The van der Waals surface area contributed by atoms with Gasteiger partial charge in [0.1, 0.15) is 5.82 Å². The average Bonchev–Trinajstić information content (AvgIpc) is 2.31. The van der Waals surface area contributed by atoms with E-state index >= 15 is 0 Å². The van der Waals surface area contributed by atoms with E-state index in [1.165, 1.54) is 29.0 Å². The van der Waals surface area contributed by atoms with E-state index in [1.54, 1.807) is 0 Å². The van der Waals surface area contributed by atoms with Crippen molar-refractivity contribution in [3.05, 3.63) is 45.7 Å². The summed E-state index contributed by atoms with van der Waals surface area (Å²) in [5, 5.41) is 3.63. The first-order chi connectivity index (χ1) is 9.08. The predicted molar refractivity (Wildman–Crippen MR) is 77.3 cm³/mol. The molecule has 0 fully saturated rings. The Kier molecular flexibility index (Phi) is 4.24. The first-order valence-corrected chi connectivity index (χ1v) is 6.69. The van der Waals surface area contributed by atoms with Gasteiger partial charge in [-0.15, -0.1) is 0 Å². The Bertz CT molecular complexity index is 639. The van der Waals surface area contributed by atoms with Crippen LogP contribution in [0, 0.1) is 6.92 Å². The summed E-state index contributed by atoms with van der Waals surface area (Å²) in [4.78, 5) is 19.1. The van der Waals surface area contributed by atoms with Crippen LogP contribution < -0.4 is 16.6 Å². The lowest BCUT2D eigenvalue weighted by molar-refractivity contribution is 0.811. The van der Waals surface area contributed by atoms with Crippen molar-refractivity contribution in [3.8, 4) is 0 Å². The third kappa shape index (κ3) is 3.59. The summed E-state index contributed by atoms with van der Waals surface area (Å²) >= 11 is 1.39. The maximum Gasteiger partial charge on any atom is 0.253 e. The highest BCUT2D eigenvalue weighted by molar-refractivity contribution is 7.99. The second kappa shape index (κ2) is 5.90. The van der Waals surface area contributed by atoms with Crippen molar-refractivity contribution in [1.29, 1.82) is 0 Å². The molecule has 0 atom stereocenters. The smallest absolute Gasteiger partial charge is 0.253 e. The topological polar surface area (TPSA) is 83.8 Å². The average molecular weight is 276 g/mol. The quantitative estimate of drug-likeness (QED) is 0.738. The van der Waals surface area contributed by atoms with Crippen LogP contribution in [0.2, 0.25) is 0 Å². The van der Waals surface area contributed by atoms with Gasteiger partial charge in [0.15, 0.2) is 5.16 Å². The number of benzene rings is 1. The molecule has 19 heavy (non-hydrogen) atoms. The summed E-state index contributed by atoms with van der Waals surface area (Å²) in [7, 11) is 1.92. The number of nitrogens with zero attached hydrogens (tertiary/aromatic N) is 1. The Hall–Kier alpha value is -1.79. The van der Waals surface area contributed by atoms with Crippen LogP contribution >= 0.6 is 11.8 Å². The molecular formula is C13H16N4OS. The molecular weight excluding hydrogens is 260 g/mol. The fourth-order valence-electron chi connectivity index (χ4n) is 1.73. The van der Waals surface area contributed by atoms with Gasteiger partial charge in [0.2, 0.25) is 0 Å². The van der Waals surface area contributed by atoms with E-state index in [-0.39, 0.29) is 11.4 Å². The Morgan fingerprint density at radius 1 is 1.42 bits per heavy atom. The number of aromatic amines is 1. The van der Waals surface area contributed by atoms with Crippen molar-refractivity contribution >= 4 is 17.6 Å². The van der Waals surface area contributed by atoms with Gasteiger partial charge in [0, 0.05) is 17.5 Å².